The van der Waals surface area contributed by atoms with Crippen molar-refractivity contribution in [3.8, 4) is 23.8 Å². The smallest absolute Gasteiger partial charge is 0.294 e. The molecule has 1 fully saturated rings. The lowest BCUT2D eigenvalue weighted by atomic mass is 10.00. The Bertz CT molecular complexity index is 1240. The highest BCUT2D eigenvalue weighted by atomic mass is 79.9. The molecular formula is C25H21BrN2O5S. The SMILES string of the molecule is C#CCOc1c(Br)cc(/C=C2\SC(=O)N(CC(=O)N3CCc4ccccc4C3)C2=O)cc1OC. The van der Waals surface area contributed by atoms with Crippen LogP contribution in [-0.4, -0.2) is 53.7 Å². The Morgan fingerprint density at radius 2 is 2.03 bits per heavy atom. The van der Waals surface area contributed by atoms with Crippen LogP contribution in [0.4, 0.5) is 4.79 Å². The molecule has 2 aromatic rings. The van der Waals surface area contributed by atoms with Gasteiger partial charge in [0, 0.05) is 13.1 Å². The standard InChI is InChI=1S/C25H21BrN2O5S/c1-3-10-33-23-19(26)11-16(12-20(23)32-2)13-21-24(30)28(25(31)34-21)15-22(29)27-9-8-17-6-4-5-7-18(17)14-27/h1,4-7,11-13H,8-10,14-15H2,2H3/b21-13-. The molecule has 9 heteroatoms. The van der Waals surface area contributed by atoms with Crippen LogP contribution in [-0.2, 0) is 22.6 Å². The number of nitrogens with zero attached hydrogens (tertiary/aromatic N) is 2. The first-order valence-corrected chi connectivity index (χ1v) is 12.1. The number of benzene rings is 2. The van der Waals surface area contributed by atoms with E-state index in [1.54, 1.807) is 23.1 Å². The Kier molecular flexibility index (Phi) is 7.29. The molecule has 1 saturated heterocycles. The van der Waals surface area contributed by atoms with Crippen molar-refractivity contribution >= 4 is 50.8 Å². The Labute approximate surface area is 210 Å². The number of halogens is 1. The maximum atomic E-state index is 12.9. The summed E-state index contributed by atoms with van der Waals surface area (Å²) in [5, 5.41) is -0.470. The van der Waals surface area contributed by atoms with Gasteiger partial charge in [-0.3, -0.25) is 19.3 Å². The molecule has 4 rings (SSSR count). The van der Waals surface area contributed by atoms with Crippen molar-refractivity contribution in [2.24, 2.45) is 0 Å². The van der Waals surface area contributed by atoms with Crippen molar-refractivity contribution in [1.82, 2.24) is 9.80 Å². The zero-order chi connectivity index (χ0) is 24.2. The minimum absolute atomic E-state index is 0.0732. The molecule has 0 radical (unpaired) electrons. The lowest BCUT2D eigenvalue weighted by molar-refractivity contribution is -0.136. The quantitative estimate of drug-likeness (QED) is 0.405. The molecule has 34 heavy (non-hydrogen) atoms. The third-order valence-corrected chi connectivity index (χ3v) is 7.00. The molecule has 0 unspecified atom stereocenters. The number of imide groups is 1. The van der Waals surface area contributed by atoms with E-state index in [-0.39, 0.29) is 24.0 Å². The highest BCUT2D eigenvalue weighted by molar-refractivity contribution is 9.10. The molecule has 2 aliphatic heterocycles. The third kappa shape index (κ3) is 4.98. The lowest BCUT2D eigenvalue weighted by Gasteiger charge is -2.29. The number of amides is 3. The summed E-state index contributed by atoms with van der Waals surface area (Å²) in [5.41, 5.74) is 2.93. The van der Waals surface area contributed by atoms with Crippen LogP contribution in [0.5, 0.6) is 11.5 Å². The molecule has 2 aliphatic rings. The summed E-state index contributed by atoms with van der Waals surface area (Å²) in [6.07, 6.45) is 7.60. The van der Waals surface area contributed by atoms with Crippen molar-refractivity contribution in [3.05, 3.63) is 62.5 Å². The van der Waals surface area contributed by atoms with Crippen LogP contribution in [0.2, 0.25) is 0 Å². The van der Waals surface area contributed by atoms with Gasteiger partial charge in [-0.25, -0.2) is 0 Å². The zero-order valence-corrected chi connectivity index (χ0v) is 20.8. The molecule has 2 aromatic carbocycles. The highest BCUT2D eigenvalue weighted by Crippen LogP contribution is 2.39. The van der Waals surface area contributed by atoms with E-state index in [9.17, 15) is 14.4 Å². The Hall–Kier alpha value is -3.22. The first-order chi connectivity index (χ1) is 16.4. The largest absolute Gasteiger partial charge is 0.493 e. The molecule has 0 atom stereocenters. The van der Waals surface area contributed by atoms with Gasteiger partial charge in [-0.1, -0.05) is 30.2 Å². The summed E-state index contributed by atoms with van der Waals surface area (Å²) in [6, 6.07) is 11.4. The number of carbonyl (C=O) groups is 3. The van der Waals surface area contributed by atoms with Gasteiger partial charge in [-0.05, 0) is 69.0 Å². The van der Waals surface area contributed by atoms with Crippen LogP contribution in [0.1, 0.15) is 16.7 Å². The maximum Gasteiger partial charge on any atom is 0.294 e. The summed E-state index contributed by atoms with van der Waals surface area (Å²) in [5.74, 6) is 2.52. The average molecular weight is 541 g/mol. The summed E-state index contributed by atoms with van der Waals surface area (Å²) in [7, 11) is 1.49. The van der Waals surface area contributed by atoms with Crippen molar-refractivity contribution < 1.29 is 23.9 Å². The predicted molar refractivity (Wildman–Crippen MR) is 133 cm³/mol. The van der Waals surface area contributed by atoms with Crippen LogP contribution in [0, 0.1) is 12.3 Å². The fourth-order valence-corrected chi connectivity index (χ4v) is 5.22. The van der Waals surface area contributed by atoms with Crippen molar-refractivity contribution in [2.45, 2.75) is 13.0 Å². The second kappa shape index (κ2) is 10.4. The Morgan fingerprint density at radius 1 is 1.26 bits per heavy atom. The van der Waals surface area contributed by atoms with Gasteiger partial charge < -0.3 is 14.4 Å². The molecular weight excluding hydrogens is 520 g/mol. The summed E-state index contributed by atoms with van der Waals surface area (Å²) in [6.45, 7) is 0.826. The van der Waals surface area contributed by atoms with Gasteiger partial charge in [-0.15, -0.1) is 6.42 Å². The van der Waals surface area contributed by atoms with Crippen molar-refractivity contribution in [1.29, 1.82) is 0 Å². The molecule has 0 bridgehead atoms. The molecule has 0 saturated carbocycles. The van der Waals surface area contributed by atoms with Crippen LogP contribution >= 0.6 is 27.7 Å². The second-order valence-corrected chi connectivity index (χ2v) is 9.48. The van der Waals surface area contributed by atoms with Crippen LogP contribution < -0.4 is 9.47 Å². The first kappa shape index (κ1) is 23.9. The summed E-state index contributed by atoms with van der Waals surface area (Å²) < 4.78 is 11.5. The van der Waals surface area contributed by atoms with E-state index >= 15 is 0 Å². The number of terminal acetylenes is 1. The van der Waals surface area contributed by atoms with Crippen molar-refractivity contribution in [3.63, 3.8) is 0 Å². The van der Waals surface area contributed by atoms with Gasteiger partial charge in [0.1, 0.15) is 13.2 Å². The number of hydrogen-bond donors (Lipinski definition) is 0. The van der Waals surface area contributed by atoms with E-state index in [0.717, 1.165) is 28.6 Å². The van der Waals surface area contributed by atoms with E-state index in [4.69, 9.17) is 15.9 Å². The lowest BCUT2D eigenvalue weighted by Crippen LogP contribution is -2.44. The molecule has 2 heterocycles. The van der Waals surface area contributed by atoms with Crippen molar-refractivity contribution in [2.75, 3.05) is 26.8 Å². The molecule has 3 amide bonds. The van der Waals surface area contributed by atoms with E-state index in [0.29, 0.717) is 34.6 Å². The number of ether oxygens (including phenoxy) is 2. The second-order valence-electron chi connectivity index (χ2n) is 7.63. The number of carbonyl (C=O) groups excluding carboxylic acids is 3. The van der Waals surface area contributed by atoms with E-state index in [2.05, 4.69) is 27.9 Å². The van der Waals surface area contributed by atoms with Crippen LogP contribution in [0.3, 0.4) is 0 Å². The Morgan fingerprint density at radius 3 is 2.76 bits per heavy atom. The number of fused-ring (bicyclic) bond motifs is 1. The monoisotopic (exact) mass is 540 g/mol. The van der Waals surface area contributed by atoms with Gasteiger partial charge in [0.05, 0.1) is 16.5 Å². The highest BCUT2D eigenvalue weighted by Gasteiger charge is 2.37. The van der Waals surface area contributed by atoms with Gasteiger partial charge in [-0.2, -0.15) is 0 Å². The summed E-state index contributed by atoms with van der Waals surface area (Å²) in [4.78, 5) is 41.3. The van der Waals surface area contributed by atoms with E-state index < -0.39 is 11.1 Å². The van der Waals surface area contributed by atoms with Gasteiger partial charge in [0.2, 0.25) is 5.91 Å². The zero-order valence-electron chi connectivity index (χ0n) is 18.4. The minimum Gasteiger partial charge on any atom is -0.493 e. The van der Waals surface area contributed by atoms with Gasteiger partial charge in [0.15, 0.2) is 11.5 Å². The first-order valence-electron chi connectivity index (χ1n) is 10.4. The van der Waals surface area contributed by atoms with Crippen LogP contribution in [0.25, 0.3) is 6.08 Å². The minimum atomic E-state index is -0.497. The Balaban J connectivity index is 1.48. The molecule has 7 nitrogen and oxygen atoms in total. The molecule has 0 N–H and O–H groups in total. The van der Waals surface area contributed by atoms with Gasteiger partial charge >= 0.3 is 0 Å². The number of methoxy groups -OCH3 is 1. The topological polar surface area (TPSA) is 76.2 Å². The van der Waals surface area contributed by atoms with E-state index in [1.807, 2.05) is 18.2 Å². The number of rotatable bonds is 6. The molecule has 0 aliphatic carbocycles. The maximum absolute atomic E-state index is 12.9. The normalized spacial score (nSPS) is 16.4. The average Bonchev–Trinajstić information content (AvgIpc) is 3.09. The fourth-order valence-electron chi connectivity index (χ4n) is 3.81. The molecule has 0 aromatic heterocycles. The predicted octanol–water partition coefficient (Wildman–Crippen LogP) is 4.09. The number of thioether (sulfide) groups is 1. The number of hydrogen-bond acceptors (Lipinski definition) is 6. The molecule has 174 valence electrons. The summed E-state index contributed by atoms with van der Waals surface area (Å²) >= 11 is 4.23. The third-order valence-electron chi connectivity index (χ3n) is 5.50. The van der Waals surface area contributed by atoms with Gasteiger partial charge in [0.25, 0.3) is 11.1 Å². The molecule has 0 spiro atoms. The van der Waals surface area contributed by atoms with E-state index in [1.165, 1.54) is 12.7 Å². The van der Waals surface area contributed by atoms with Crippen LogP contribution in [0.15, 0.2) is 45.8 Å². The fraction of sp³-hybridized carbons (Fsp3) is 0.240.